The van der Waals surface area contributed by atoms with Gasteiger partial charge < -0.3 is 19.8 Å². The maximum atomic E-state index is 13.0. The summed E-state index contributed by atoms with van der Waals surface area (Å²) in [6.07, 6.45) is 78.2. The van der Waals surface area contributed by atoms with Crippen LogP contribution in [0.5, 0.6) is 0 Å². The molecule has 1 amide bonds. The molecule has 0 saturated carbocycles. The zero-order valence-electron chi connectivity index (χ0n) is 51.3. The minimum absolute atomic E-state index is 0.0539. The summed E-state index contributed by atoms with van der Waals surface area (Å²) in [6.45, 7) is 4.83. The van der Waals surface area contributed by atoms with Crippen LogP contribution in [-0.4, -0.2) is 73.4 Å². The molecule has 0 aliphatic heterocycles. The number of phosphoric acid groups is 1. The molecule has 9 heteroatoms. The van der Waals surface area contributed by atoms with Crippen molar-refractivity contribution in [2.45, 2.75) is 334 Å². The number of hydrogen-bond donors (Lipinski definition) is 3. The van der Waals surface area contributed by atoms with Crippen LogP contribution >= 0.6 is 7.82 Å². The van der Waals surface area contributed by atoms with Crippen molar-refractivity contribution in [1.82, 2.24) is 5.32 Å². The first kappa shape index (κ1) is 74.5. The number of aliphatic hydroxyl groups is 1. The molecule has 0 bridgehead atoms. The summed E-state index contributed by atoms with van der Waals surface area (Å²) in [5, 5.41) is 14.0. The molecule has 0 heterocycles. The maximum absolute atomic E-state index is 13.0. The summed E-state index contributed by atoms with van der Waals surface area (Å²) in [7, 11) is 1.56. The maximum Gasteiger partial charge on any atom is 0.472 e. The van der Waals surface area contributed by atoms with Crippen LogP contribution in [0.4, 0.5) is 0 Å². The Morgan fingerprint density at radius 1 is 0.434 bits per heavy atom. The average molecular weight is 1090 g/mol. The molecule has 0 radical (unpaired) electrons. The van der Waals surface area contributed by atoms with Crippen LogP contribution in [-0.2, 0) is 18.4 Å². The number of carbonyl (C=O) groups is 1. The molecule has 0 fully saturated rings. The number of amides is 1. The molecule has 0 aliphatic rings. The first-order valence-corrected chi connectivity index (χ1v) is 34.5. The largest absolute Gasteiger partial charge is 0.472 e. The van der Waals surface area contributed by atoms with E-state index in [1.807, 2.05) is 27.2 Å². The SMILES string of the molecule is CCCCCCCCCCCCCC/C=C\CCCCCCCCCCCCCCCCCC(=O)NC(COP(=O)(O)OCC[N+](C)(C)C)C(O)/C=C/CC/C=C/CC/C=C/CCCCCCCCCCCCCCC. The Bertz CT molecular complexity index is 1380. The number of nitrogens with one attached hydrogen (secondary N) is 1. The van der Waals surface area contributed by atoms with Crippen molar-refractivity contribution >= 4 is 13.7 Å². The molecule has 0 aromatic heterocycles. The van der Waals surface area contributed by atoms with Gasteiger partial charge in [0.2, 0.25) is 5.91 Å². The number of aliphatic hydroxyl groups excluding tert-OH is 1. The second-order valence-electron chi connectivity index (χ2n) is 23.8. The molecular weight excluding hydrogens is 960 g/mol. The zero-order valence-corrected chi connectivity index (χ0v) is 52.2. The predicted molar refractivity (Wildman–Crippen MR) is 332 cm³/mol. The van der Waals surface area contributed by atoms with Crippen LogP contribution in [0.15, 0.2) is 48.6 Å². The lowest BCUT2D eigenvalue weighted by atomic mass is 10.0. The number of phosphoric ester groups is 1. The van der Waals surface area contributed by atoms with Crippen molar-refractivity contribution < 1.29 is 32.9 Å². The number of likely N-dealkylation sites (N-methyl/N-ethyl adjacent to an activating group) is 1. The molecule has 0 rings (SSSR count). The lowest BCUT2D eigenvalue weighted by Crippen LogP contribution is -2.45. The van der Waals surface area contributed by atoms with Gasteiger partial charge in [-0.25, -0.2) is 4.57 Å². The summed E-state index contributed by atoms with van der Waals surface area (Å²) >= 11 is 0. The van der Waals surface area contributed by atoms with Gasteiger partial charge in [0, 0.05) is 6.42 Å². The summed E-state index contributed by atoms with van der Waals surface area (Å²) in [5.74, 6) is -0.186. The Labute approximate surface area is 473 Å². The third-order valence-electron chi connectivity index (χ3n) is 15.0. The molecule has 3 atom stereocenters. The number of hydrogen-bond acceptors (Lipinski definition) is 5. The van der Waals surface area contributed by atoms with E-state index in [1.165, 1.54) is 257 Å². The monoisotopic (exact) mass is 1090 g/mol. The Hall–Kier alpha value is -1.54. The molecule has 8 nitrogen and oxygen atoms in total. The van der Waals surface area contributed by atoms with E-state index in [-0.39, 0.29) is 19.1 Å². The molecule has 0 saturated heterocycles. The Morgan fingerprint density at radius 2 is 0.724 bits per heavy atom. The van der Waals surface area contributed by atoms with Gasteiger partial charge in [-0.3, -0.25) is 13.8 Å². The highest BCUT2D eigenvalue weighted by Crippen LogP contribution is 2.43. The topological polar surface area (TPSA) is 105 Å². The number of rotatable bonds is 61. The standard InChI is InChI=1S/C67H129N2O6P/c1-6-8-10-12-14-16-18-20-22-24-26-28-30-31-32-33-34-35-36-37-39-41-43-45-47-49-51-53-55-57-59-61-67(71)68-65(64-75-76(72,73)74-63-62-69(3,4)5)66(70)60-58-56-54-52-50-48-46-44-42-40-38-29-27-25-23-21-19-17-15-13-11-9-7-2/h31-32,42,44,50,52,58,60,65-66,70H,6-30,33-41,43,45-49,51,53-57,59,61-64H2,1-5H3,(H-,68,71,72,73)/p+1/b32-31-,44-42+,52-50+,60-58+. The minimum atomic E-state index is -4.36. The van der Waals surface area contributed by atoms with Crippen LogP contribution < -0.4 is 5.32 Å². The van der Waals surface area contributed by atoms with Crippen molar-refractivity contribution in [1.29, 1.82) is 0 Å². The average Bonchev–Trinajstić information content (AvgIpc) is 3.38. The van der Waals surface area contributed by atoms with E-state index in [0.29, 0.717) is 17.4 Å². The molecule has 3 N–H and O–H groups in total. The molecule has 0 aliphatic carbocycles. The molecule has 76 heavy (non-hydrogen) atoms. The summed E-state index contributed by atoms with van der Waals surface area (Å²) < 4.78 is 23.8. The number of unbranched alkanes of at least 4 members (excludes halogenated alkanes) is 42. The van der Waals surface area contributed by atoms with Crippen molar-refractivity contribution in [2.75, 3.05) is 40.9 Å². The fourth-order valence-corrected chi connectivity index (χ4v) is 10.6. The van der Waals surface area contributed by atoms with E-state index in [9.17, 15) is 19.4 Å². The minimum Gasteiger partial charge on any atom is -0.387 e. The zero-order chi connectivity index (χ0) is 55.6. The molecule has 3 unspecified atom stereocenters. The second kappa shape index (κ2) is 58.1. The van der Waals surface area contributed by atoms with Gasteiger partial charge in [-0.05, 0) is 70.6 Å². The summed E-state index contributed by atoms with van der Waals surface area (Å²) in [6, 6.07) is -0.871. The van der Waals surface area contributed by atoms with E-state index < -0.39 is 20.0 Å². The predicted octanol–water partition coefficient (Wildman–Crippen LogP) is 20.7. The first-order chi connectivity index (χ1) is 37.0. The van der Waals surface area contributed by atoms with E-state index >= 15 is 0 Å². The van der Waals surface area contributed by atoms with Crippen molar-refractivity contribution in [3.8, 4) is 0 Å². The lowest BCUT2D eigenvalue weighted by molar-refractivity contribution is -0.870. The first-order valence-electron chi connectivity index (χ1n) is 33.0. The lowest BCUT2D eigenvalue weighted by Gasteiger charge is -2.25. The molecule has 448 valence electrons. The van der Waals surface area contributed by atoms with Gasteiger partial charge in [-0.15, -0.1) is 0 Å². The summed E-state index contributed by atoms with van der Waals surface area (Å²) in [4.78, 5) is 23.4. The van der Waals surface area contributed by atoms with Gasteiger partial charge in [-0.2, -0.15) is 0 Å². The van der Waals surface area contributed by atoms with Gasteiger partial charge in [0.1, 0.15) is 13.2 Å². The molecular formula is C67H130N2O6P+. The third-order valence-corrected chi connectivity index (χ3v) is 16.0. The van der Waals surface area contributed by atoms with E-state index in [2.05, 4.69) is 55.6 Å². The van der Waals surface area contributed by atoms with Gasteiger partial charge in [0.15, 0.2) is 0 Å². The van der Waals surface area contributed by atoms with Gasteiger partial charge in [0.05, 0.1) is 39.9 Å². The molecule has 0 aromatic rings. The Morgan fingerprint density at radius 3 is 1.05 bits per heavy atom. The highest BCUT2D eigenvalue weighted by atomic mass is 31.2. The van der Waals surface area contributed by atoms with Crippen molar-refractivity contribution in [3.05, 3.63) is 48.6 Å². The quantitative estimate of drug-likeness (QED) is 0.0243. The second-order valence-corrected chi connectivity index (χ2v) is 25.3. The van der Waals surface area contributed by atoms with Gasteiger partial charge in [-0.1, -0.05) is 294 Å². The highest BCUT2D eigenvalue weighted by Gasteiger charge is 2.28. The number of nitrogens with zero attached hydrogens (tertiary/aromatic N) is 1. The van der Waals surface area contributed by atoms with Crippen LogP contribution in [0.25, 0.3) is 0 Å². The van der Waals surface area contributed by atoms with Gasteiger partial charge in [0.25, 0.3) is 0 Å². The smallest absolute Gasteiger partial charge is 0.387 e. The number of quaternary nitrogens is 1. The van der Waals surface area contributed by atoms with Crippen LogP contribution in [0.2, 0.25) is 0 Å². The fourth-order valence-electron chi connectivity index (χ4n) is 9.84. The third kappa shape index (κ3) is 60.1. The van der Waals surface area contributed by atoms with E-state index in [0.717, 1.165) is 44.9 Å². The van der Waals surface area contributed by atoms with Crippen LogP contribution in [0.1, 0.15) is 322 Å². The molecule has 0 spiro atoms. The van der Waals surface area contributed by atoms with E-state index in [4.69, 9.17) is 9.05 Å². The Kier molecular flexibility index (Phi) is 56.9. The number of allylic oxidation sites excluding steroid dienone is 7. The van der Waals surface area contributed by atoms with Crippen molar-refractivity contribution in [3.63, 3.8) is 0 Å². The Balaban J connectivity index is 4.13. The fraction of sp³-hybridized carbons (Fsp3) is 0.866. The normalized spacial score (nSPS) is 14.0. The number of carbonyl (C=O) groups excluding carboxylic acids is 1. The van der Waals surface area contributed by atoms with Crippen LogP contribution in [0.3, 0.4) is 0 Å². The highest BCUT2D eigenvalue weighted by molar-refractivity contribution is 7.47. The van der Waals surface area contributed by atoms with Crippen LogP contribution in [0, 0.1) is 0 Å². The van der Waals surface area contributed by atoms with Gasteiger partial charge >= 0.3 is 7.82 Å². The molecule has 0 aromatic carbocycles. The summed E-state index contributed by atoms with van der Waals surface area (Å²) in [5.41, 5.74) is 0. The van der Waals surface area contributed by atoms with E-state index in [1.54, 1.807) is 6.08 Å². The van der Waals surface area contributed by atoms with Crippen molar-refractivity contribution in [2.24, 2.45) is 0 Å².